The summed E-state index contributed by atoms with van der Waals surface area (Å²) in [6.07, 6.45) is 1.74. The Kier molecular flexibility index (Phi) is 4.63. The molecule has 0 aliphatic rings. The predicted molar refractivity (Wildman–Crippen MR) is 76.9 cm³/mol. The summed E-state index contributed by atoms with van der Waals surface area (Å²) in [5, 5.41) is 0. The maximum absolute atomic E-state index is 11.6. The predicted octanol–water partition coefficient (Wildman–Crippen LogP) is 2.70. The second-order valence-electron chi connectivity index (χ2n) is 3.88. The van der Waals surface area contributed by atoms with Gasteiger partial charge in [-0.05, 0) is 34.1 Å². The fourth-order valence-electron chi connectivity index (χ4n) is 1.67. The van der Waals surface area contributed by atoms with E-state index < -0.39 is 0 Å². The maximum Gasteiger partial charge on any atom is 0.250 e. The molecule has 0 bridgehead atoms. The van der Waals surface area contributed by atoms with Crippen molar-refractivity contribution in [3.05, 3.63) is 57.4 Å². The first-order valence-corrected chi connectivity index (χ1v) is 6.62. The summed E-state index contributed by atoms with van der Waals surface area (Å²) in [5.41, 5.74) is -0.0492. The molecule has 100 valence electrons. The van der Waals surface area contributed by atoms with Crippen LogP contribution in [0.2, 0.25) is 0 Å². The number of benzene rings is 1. The lowest BCUT2D eigenvalue weighted by molar-refractivity contribution is 0.278. The normalized spacial score (nSPS) is 10.2. The molecule has 0 saturated heterocycles. The van der Waals surface area contributed by atoms with Gasteiger partial charge in [0.25, 0.3) is 5.56 Å². The van der Waals surface area contributed by atoms with Gasteiger partial charge in [0, 0.05) is 16.7 Å². The second kappa shape index (κ2) is 6.43. The lowest BCUT2D eigenvalue weighted by Crippen LogP contribution is -2.21. The van der Waals surface area contributed by atoms with Crippen LogP contribution >= 0.6 is 15.9 Å². The molecule has 0 amide bonds. The zero-order valence-corrected chi connectivity index (χ0v) is 12.1. The van der Waals surface area contributed by atoms with E-state index in [9.17, 15) is 4.79 Å². The van der Waals surface area contributed by atoms with Crippen molar-refractivity contribution in [1.29, 1.82) is 0 Å². The fourth-order valence-corrected chi connectivity index (χ4v) is 2.05. The molecule has 0 aliphatic carbocycles. The number of methoxy groups -OCH3 is 1. The molecule has 1 aromatic heterocycles. The fraction of sp³-hybridized carbons (Fsp3) is 0.214. The van der Waals surface area contributed by atoms with E-state index >= 15 is 0 Å². The monoisotopic (exact) mass is 323 g/mol. The van der Waals surface area contributed by atoms with Gasteiger partial charge in [-0.15, -0.1) is 0 Å². The molecule has 2 aromatic rings. The van der Waals surface area contributed by atoms with Gasteiger partial charge < -0.3 is 14.0 Å². The molecule has 0 N–H and O–H groups in total. The van der Waals surface area contributed by atoms with Crippen LogP contribution in [0.3, 0.4) is 0 Å². The van der Waals surface area contributed by atoms with Gasteiger partial charge in [0.15, 0.2) is 11.5 Å². The van der Waals surface area contributed by atoms with E-state index in [-0.39, 0.29) is 5.56 Å². The first kappa shape index (κ1) is 13.7. The van der Waals surface area contributed by atoms with E-state index in [0.29, 0.717) is 24.7 Å². The summed E-state index contributed by atoms with van der Waals surface area (Å²) in [4.78, 5) is 11.6. The van der Waals surface area contributed by atoms with Gasteiger partial charge in [-0.2, -0.15) is 0 Å². The average molecular weight is 324 g/mol. The molecule has 0 radical (unpaired) electrons. The van der Waals surface area contributed by atoms with Crippen molar-refractivity contribution in [2.24, 2.45) is 0 Å². The first-order valence-electron chi connectivity index (χ1n) is 5.82. The third-order valence-corrected chi connectivity index (χ3v) is 3.08. The summed E-state index contributed by atoms with van der Waals surface area (Å²) in [7, 11) is 1.60. The highest BCUT2D eigenvalue weighted by molar-refractivity contribution is 9.10. The van der Waals surface area contributed by atoms with Crippen LogP contribution in [0.25, 0.3) is 0 Å². The number of rotatable bonds is 5. The van der Waals surface area contributed by atoms with Gasteiger partial charge in [0.1, 0.15) is 6.61 Å². The Morgan fingerprint density at radius 2 is 1.89 bits per heavy atom. The molecule has 0 aliphatic heterocycles. The quantitative estimate of drug-likeness (QED) is 0.849. The number of pyridine rings is 1. The van der Waals surface area contributed by atoms with Crippen LogP contribution in [0.15, 0.2) is 51.9 Å². The van der Waals surface area contributed by atoms with Crippen LogP contribution in [0, 0.1) is 0 Å². The molecule has 0 saturated carbocycles. The highest BCUT2D eigenvalue weighted by Gasteiger charge is 2.03. The molecule has 0 unspecified atom stereocenters. The van der Waals surface area contributed by atoms with Crippen LogP contribution in [-0.2, 0) is 6.54 Å². The zero-order chi connectivity index (χ0) is 13.7. The van der Waals surface area contributed by atoms with Gasteiger partial charge in [-0.1, -0.05) is 12.1 Å². The summed E-state index contributed by atoms with van der Waals surface area (Å²) in [6.45, 7) is 0.882. The van der Waals surface area contributed by atoms with Crippen LogP contribution in [0.4, 0.5) is 0 Å². The molecule has 19 heavy (non-hydrogen) atoms. The molecule has 2 rings (SSSR count). The van der Waals surface area contributed by atoms with Gasteiger partial charge in [-0.25, -0.2) is 0 Å². The van der Waals surface area contributed by atoms with E-state index in [0.717, 1.165) is 4.47 Å². The number of aromatic nitrogens is 1. The van der Waals surface area contributed by atoms with Crippen LogP contribution in [-0.4, -0.2) is 18.3 Å². The maximum atomic E-state index is 11.6. The van der Waals surface area contributed by atoms with E-state index in [2.05, 4.69) is 15.9 Å². The topological polar surface area (TPSA) is 40.5 Å². The Labute approximate surface area is 119 Å². The Morgan fingerprint density at radius 3 is 2.63 bits per heavy atom. The summed E-state index contributed by atoms with van der Waals surface area (Å²) in [6, 6.07) is 10.7. The zero-order valence-electron chi connectivity index (χ0n) is 10.5. The van der Waals surface area contributed by atoms with Gasteiger partial charge >= 0.3 is 0 Å². The van der Waals surface area contributed by atoms with Crippen molar-refractivity contribution in [1.82, 2.24) is 4.57 Å². The van der Waals surface area contributed by atoms with Crippen molar-refractivity contribution < 1.29 is 9.47 Å². The Bertz CT molecular complexity index is 610. The first-order chi connectivity index (χ1) is 9.20. The van der Waals surface area contributed by atoms with Gasteiger partial charge in [0.05, 0.1) is 13.7 Å². The standard InChI is InChI=1S/C14H14BrNO3/c1-18-12-4-2-3-5-13(12)19-9-8-16-10-11(15)6-7-14(16)17/h2-7,10H,8-9H2,1H3. The highest BCUT2D eigenvalue weighted by atomic mass is 79.9. The molecule has 1 aromatic carbocycles. The van der Waals surface area contributed by atoms with Crippen LogP contribution in [0.5, 0.6) is 11.5 Å². The summed E-state index contributed by atoms with van der Waals surface area (Å²) in [5.74, 6) is 1.36. The molecule has 0 fully saturated rings. The minimum atomic E-state index is -0.0492. The van der Waals surface area contributed by atoms with Crippen LogP contribution < -0.4 is 15.0 Å². The van der Waals surface area contributed by atoms with Gasteiger partial charge in [-0.3, -0.25) is 4.79 Å². The number of para-hydroxylation sites is 2. The van der Waals surface area contributed by atoms with Crippen LogP contribution in [0.1, 0.15) is 0 Å². The molecule has 5 heteroatoms. The minimum Gasteiger partial charge on any atom is -0.493 e. The molecule has 1 heterocycles. The van der Waals surface area contributed by atoms with E-state index in [1.165, 1.54) is 6.07 Å². The van der Waals surface area contributed by atoms with Crippen molar-refractivity contribution in [2.75, 3.05) is 13.7 Å². The number of nitrogens with zero attached hydrogens (tertiary/aromatic N) is 1. The highest BCUT2D eigenvalue weighted by Crippen LogP contribution is 2.25. The number of ether oxygens (including phenoxy) is 2. The second-order valence-corrected chi connectivity index (χ2v) is 4.79. The van der Waals surface area contributed by atoms with Crippen molar-refractivity contribution >= 4 is 15.9 Å². The molecule has 0 atom stereocenters. The van der Waals surface area contributed by atoms with Crippen molar-refractivity contribution in [3.8, 4) is 11.5 Å². The van der Waals surface area contributed by atoms with E-state index in [1.807, 2.05) is 24.3 Å². The molecular formula is C14H14BrNO3. The Balaban J connectivity index is 2.00. The van der Waals surface area contributed by atoms with Gasteiger partial charge in [0.2, 0.25) is 0 Å². The number of hydrogen-bond donors (Lipinski definition) is 0. The average Bonchev–Trinajstić information content (AvgIpc) is 2.43. The third kappa shape index (κ3) is 3.61. The van der Waals surface area contributed by atoms with E-state index in [4.69, 9.17) is 9.47 Å². The Morgan fingerprint density at radius 1 is 1.16 bits per heavy atom. The summed E-state index contributed by atoms with van der Waals surface area (Å²) < 4.78 is 13.3. The van der Waals surface area contributed by atoms with E-state index in [1.54, 1.807) is 23.9 Å². The number of hydrogen-bond acceptors (Lipinski definition) is 3. The number of halogens is 1. The largest absolute Gasteiger partial charge is 0.493 e. The third-order valence-electron chi connectivity index (χ3n) is 2.61. The lowest BCUT2D eigenvalue weighted by Gasteiger charge is -2.11. The smallest absolute Gasteiger partial charge is 0.250 e. The lowest BCUT2D eigenvalue weighted by atomic mass is 10.3. The van der Waals surface area contributed by atoms with Crippen molar-refractivity contribution in [2.45, 2.75) is 6.54 Å². The molecule has 0 spiro atoms. The molecule has 4 nitrogen and oxygen atoms in total. The SMILES string of the molecule is COc1ccccc1OCCn1cc(Br)ccc1=O. The summed E-state index contributed by atoms with van der Waals surface area (Å²) >= 11 is 3.34. The van der Waals surface area contributed by atoms with Crippen molar-refractivity contribution in [3.63, 3.8) is 0 Å². The molecular weight excluding hydrogens is 310 g/mol. The minimum absolute atomic E-state index is 0.0492. The Hall–Kier alpha value is -1.75.